The van der Waals surface area contributed by atoms with Gasteiger partial charge in [0.2, 0.25) is 0 Å². The van der Waals surface area contributed by atoms with E-state index in [0.717, 1.165) is 18.7 Å². The molecule has 11 nitrogen and oxygen atoms in total. The zero-order valence-electron chi connectivity index (χ0n) is 16.3. The molecular formula is C17H19ClN4O7S. The van der Waals surface area contributed by atoms with Crippen molar-refractivity contribution in [3.63, 3.8) is 0 Å². The Morgan fingerprint density at radius 1 is 1.20 bits per heavy atom. The first-order chi connectivity index (χ1) is 14.2. The van der Waals surface area contributed by atoms with Crippen molar-refractivity contribution in [3.8, 4) is 0 Å². The molecule has 1 fully saturated rings. The van der Waals surface area contributed by atoms with E-state index >= 15 is 0 Å². The number of carbonyl (C=O) groups is 3. The smallest absolute Gasteiger partial charge is 0.303 e. The molecule has 1 aromatic heterocycles. The second kappa shape index (κ2) is 11.0. The molecule has 0 aromatic carbocycles. The van der Waals surface area contributed by atoms with Gasteiger partial charge in [-0.1, -0.05) is 28.5 Å². The maximum absolute atomic E-state index is 11.7. The molecule has 1 aliphatic rings. The van der Waals surface area contributed by atoms with Crippen LogP contribution in [0.15, 0.2) is 28.5 Å². The number of rotatable bonds is 7. The zero-order valence-corrected chi connectivity index (χ0v) is 17.8. The Bertz CT molecular complexity index is 851. The monoisotopic (exact) mass is 458 g/mol. The second-order valence-corrected chi connectivity index (χ2v) is 7.75. The Labute approximate surface area is 181 Å². The van der Waals surface area contributed by atoms with Gasteiger partial charge in [0.05, 0.1) is 5.02 Å². The molecule has 0 bridgehead atoms. The molecule has 5 atom stereocenters. The third kappa shape index (κ3) is 6.77. The molecule has 0 amide bonds. The standard InChI is InChI=1S/C17H19ClN4O7S/c1-8(23)26-7-13-15(27-9(2)24)14(21-22-19)16(28-10(3)25)17(29-13)30-12-4-11(18)5-20-6-12/h4-6,13-17H,7H2,1-3H3/t13?,14?,15-,16?,17+/m0/s1. The van der Waals surface area contributed by atoms with Gasteiger partial charge in [0.15, 0.2) is 0 Å². The molecule has 1 aromatic rings. The molecule has 0 spiro atoms. The molecule has 1 aliphatic heterocycles. The lowest BCUT2D eigenvalue weighted by molar-refractivity contribution is -0.201. The predicted octanol–water partition coefficient (Wildman–Crippen LogP) is 2.66. The second-order valence-electron chi connectivity index (χ2n) is 6.15. The Kier molecular flexibility index (Phi) is 8.72. The van der Waals surface area contributed by atoms with Crippen LogP contribution in [0.3, 0.4) is 0 Å². The van der Waals surface area contributed by atoms with Gasteiger partial charge in [-0.3, -0.25) is 19.4 Å². The highest BCUT2D eigenvalue weighted by molar-refractivity contribution is 7.99. The highest BCUT2D eigenvalue weighted by atomic mass is 35.5. The molecule has 2 heterocycles. The number of aromatic nitrogens is 1. The average Bonchev–Trinajstić information content (AvgIpc) is 2.64. The highest BCUT2D eigenvalue weighted by Gasteiger charge is 2.50. The molecule has 2 rings (SSSR count). The molecule has 0 aliphatic carbocycles. The highest BCUT2D eigenvalue weighted by Crippen LogP contribution is 2.37. The lowest BCUT2D eigenvalue weighted by Crippen LogP contribution is -2.59. The third-order valence-corrected chi connectivity index (χ3v) is 5.10. The number of ether oxygens (including phenoxy) is 4. The van der Waals surface area contributed by atoms with E-state index in [0.29, 0.717) is 9.92 Å². The van der Waals surface area contributed by atoms with Gasteiger partial charge in [-0.25, -0.2) is 0 Å². The summed E-state index contributed by atoms with van der Waals surface area (Å²) < 4.78 is 21.6. The Balaban J connectivity index is 2.43. The molecule has 0 saturated carbocycles. The van der Waals surface area contributed by atoms with Crippen molar-refractivity contribution in [2.24, 2.45) is 5.11 Å². The molecule has 13 heteroatoms. The molecule has 1 saturated heterocycles. The lowest BCUT2D eigenvalue weighted by Gasteiger charge is -2.43. The fraction of sp³-hybridized carbons (Fsp3) is 0.529. The third-order valence-electron chi connectivity index (χ3n) is 3.79. The normalized spacial score (nSPS) is 25.5. The van der Waals surface area contributed by atoms with Crippen molar-refractivity contribution in [3.05, 3.63) is 33.9 Å². The van der Waals surface area contributed by atoms with Gasteiger partial charge in [-0.2, -0.15) is 0 Å². The van der Waals surface area contributed by atoms with E-state index < -0.39 is 47.7 Å². The number of nitrogens with zero attached hydrogens (tertiary/aromatic N) is 4. The van der Waals surface area contributed by atoms with E-state index in [2.05, 4.69) is 15.0 Å². The van der Waals surface area contributed by atoms with Gasteiger partial charge in [-0.15, -0.1) is 0 Å². The Hall–Kier alpha value is -2.53. The van der Waals surface area contributed by atoms with Gasteiger partial charge in [0.25, 0.3) is 0 Å². The minimum absolute atomic E-state index is 0.275. The van der Waals surface area contributed by atoms with Gasteiger partial charge in [0, 0.05) is 43.0 Å². The fourth-order valence-electron chi connectivity index (χ4n) is 2.76. The summed E-state index contributed by atoms with van der Waals surface area (Å²) in [6.07, 6.45) is -0.284. The topological polar surface area (TPSA) is 150 Å². The zero-order chi connectivity index (χ0) is 22.3. The largest absolute Gasteiger partial charge is 0.463 e. The van der Waals surface area contributed by atoms with Crippen molar-refractivity contribution in [1.82, 2.24) is 4.98 Å². The van der Waals surface area contributed by atoms with Gasteiger partial charge in [0.1, 0.15) is 36.4 Å². The van der Waals surface area contributed by atoms with Crippen molar-refractivity contribution in [2.75, 3.05) is 6.61 Å². The van der Waals surface area contributed by atoms with Gasteiger partial charge in [-0.05, 0) is 11.6 Å². The number of hydrogen-bond acceptors (Lipinski definition) is 10. The summed E-state index contributed by atoms with van der Waals surface area (Å²) in [5.74, 6) is -1.91. The molecule has 3 unspecified atom stereocenters. The van der Waals surface area contributed by atoms with Crippen LogP contribution in [0.25, 0.3) is 10.4 Å². The molecular weight excluding hydrogens is 440 g/mol. The maximum atomic E-state index is 11.7. The number of azide groups is 1. The van der Waals surface area contributed by atoms with Crippen LogP contribution in [-0.2, 0) is 33.3 Å². The summed E-state index contributed by atoms with van der Waals surface area (Å²) in [4.78, 5) is 42.0. The molecule has 0 N–H and O–H groups in total. The molecule has 162 valence electrons. The van der Waals surface area contributed by atoms with Crippen LogP contribution < -0.4 is 0 Å². The SMILES string of the molecule is CC(=O)OCC1O[C@H](Sc2cncc(Cl)c2)C(OC(C)=O)C(N=[N+]=[N-])[C@H]1OC(C)=O. The van der Waals surface area contributed by atoms with Crippen LogP contribution in [0.4, 0.5) is 0 Å². The van der Waals surface area contributed by atoms with Crippen molar-refractivity contribution in [2.45, 2.75) is 55.5 Å². The van der Waals surface area contributed by atoms with Crippen LogP contribution in [0, 0.1) is 0 Å². The number of thioether (sulfide) groups is 1. The predicted molar refractivity (Wildman–Crippen MR) is 104 cm³/mol. The van der Waals surface area contributed by atoms with Crippen LogP contribution in [0.5, 0.6) is 0 Å². The first-order valence-corrected chi connectivity index (χ1v) is 9.91. The molecule has 0 radical (unpaired) electrons. The van der Waals surface area contributed by atoms with E-state index in [1.54, 1.807) is 6.07 Å². The summed E-state index contributed by atoms with van der Waals surface area (Å²) in [5, 5.41) is 4.07. The van der Waals surface area contributed by atoms with Gasteiger partial charge >= 0.3 is 17.9 Å². The maximum Gasteiger partial charge on any atom is 0.303 e. The number of carbonyl (C=O) groups excluding carboxylic acids is 3. The number of esters is 3. The number of hydrogen-bond donors (Lipinski definition) is 0. The van der Waals surface area contributed by atoms with Crippen molar-refractivity contribution in [1.29, 1.82) is 0 Å². The molecule has 30 heavy (non-hydrogen) atoms. The Morgan fingerprint density at radius 2 is 1.87 bits per heavy atom. The summed E-state index contributed by atoms with van der Waals surface area (Å²) in [7, 11) is 0. The minimum atomic E-state index is -1.16. The Morgan fingerprint density at radius 3 is 2.43 bits per heavy atom. The average molecular weight is 459 g/mol. The minimum Gasteiger partial charge on any atom is -0.463 e. The summed E-state index contributed by atoms with van der Waals surface area (Å²) in [6, 6.07) is 0.483. The van der Waals surface area contributed by atoms with E-state index in [1.165, 1.54) is 26.2 Å². The van der Waals surface area contributed by atoms with Crippen LogP contribution in [0.1, 0.15) is 20.8 Å². The van der Waals surface area contributed by atoms with E-state index in [9.17, 15) is 14.4 Å². The van der Waals surface area contributed by atoms with Gasteiger partial charge < -0.3 is 18.9 Å². The fourth-order valence-corrected chi connectivity index (χ4v) is 4.13. The summed E-state index contributed by atoms with van der Waals surface area (Å²) in [6.45, 7) is 3.28. The van der Waals surface area contributed by atoms with Crippen LogP contribution >= 0.6 is 23.4 Å². The number of halogens is 1. The lowest BCUT2D eigenvalue weighted by atomic mass is 9.97. The quantitative estimate of drug-likeness (QED) is 0.197. The van der Waals surface area contributed by atoms with Crippen LogP contribution in [0.2, 0.25) is 5.02 Å². The van der Waals surface area contributed by atoms with Crippen molar-refractivity contribution < 1.29 is 33.3 Å². The number of pyridine rings is 1. The summed E-state index contributed by atoms with van der Waals surface area (Å²) in [5.41, 5.74) is 8.15. The first-order valence-electron chi connectivity index (χ1n) is 8.66. The van der Waals surface area contributed by atoms with Crippen LogP contribution in [-0.4, -0.2) is 59.3 Å². The van der Waals surface area contributed by atoms with E-state index in [4.69, 9.17) is 36.1 Å². The van der Waals surface area contributed by atoms with E-state index in [-0.39, 0.29) is 6.61 Å². The first kappa shape index (κ1) is 23.7. The summed E-state index contributed by atoms with van der Waals surface area (Å²) >= 11 is 7.08. The van der Waals surface area contributed by atoms with E-state index in [1.807, 2.05) is 0 Å². The van der Waals surface area contributed by atoms with Crippen molar-refractivity contribution >= 4 is 41.3 Å².